The summed E-state index contributed by atoms with van der Waals surface area (Å²) >= 11 is 7.26. The summed E-state index contributed by atoms with van der Waals surface area (Å²) in [5, 5.41) is 20.4. The number of ether oxygens (including phenoxy) is 2. The molecule has 12 heteroatoms. The molecule has 192 valence electrons. The second kappa shape index (κ2) is 12.0. The molecule has 3 aromatic rings. The molecule has 8 nitrogen and oxygen atoms in total. The highest BCUT2D eigenvalue weighted by Gasteiger charge is 2.19. The van der Waals surface area contributed by atoms with Crippen molar-refractivity contribution in [3.63, 3.8) is 0 Å². The van der Waals surface area contributed by atoms with Crippen LogP contribution in [0.3, 0.4) is 0 Å². The topological polar surface area (TPSA) is 108 Å². The van der Waals surface area contributed by atoms with E-state index < -0.39 is 22.8 Å². The van der Waals surface area contributed by atoms with E-state index >= 15 is 0 Å². The number of nitrogens with zero attached hydrogens (tertiary/aromatic N) is 1. The van der Waals surface area contributed by atoms with Crippen LogP contribution in [0, 0.1) is 5.82 Å². The Morgan fingerprint density at radius 2 is 1.92 bits per heavy atom. The second-order valence-electron chi connectivity index (χ2n) is 7.96. The van der Waals surface area contributed by atoms with Crippen LogP contribution in [0.4, 0.5) is 10.1 Å². The van der Waals surface area contributed by atoms with Crippen LogP contribution in [0.15, 0.2) is 46.7 Å². The van der Waals surface area contributed by atoms with Crippen molar-refractivity contribution in [3.05, 3.63) is 58.2 Å². The number of carbonyl (C=O) groups excluding carboxylic acids is 1. The molecule has 0 bridgehead atoms. The minimum absolute atomic E-state index is 0.000684. The van der Waals surface area contributed by atoms with Gasteiger partial charge < -0.3 is 24.4 Å². The number of rotatable bonds is 9. The maximum atomic E-state index is 13.6. The summed E-state index contributed by atoms with van der Waals surface area (Å²) in [7, 11) is -1.78. The van der Waals surface area contributed by atoms with Gasteiger partial charge in [0, 0.05) is 36.8 Å². The number of benzene rings is 2. The molecule has 0 amide bonds. The molecule has 1 fully saturated rings. The largest absolute Gasteiger partial charge is 0.507 e. The van der Waals surface area contributed by atoms with E-state index in [4.69, 9.17) is 21.1 Å². The number of hydrogen-bond acceptors (Lipinski definition) is 8. The van der Waals surface area contributed by atoms with Gasteiger partial charge in [0.1, 0.15) is 31.4 Å². The van der Waals surface area contributed by atoms with Crippen molar-refractivity contribution in [2.75, 3.05) is 44.2 Å². The number of morpholine rings is 1. The van der Waals surface area contributed by atoms with Gasteiger partial charge in [0.15, 0.2) is 11.0 Å². The molecule has 0 radical (unpaired) electrons. The minimum Gasteiger partial charge on any atom is -0.507 e. The van der Waals surface area contributed by atoms with E-state index in [1.165, 1.54) is 30.3 Å². The van der Waals surface area contributed by atoms with E-state index in [1.807, 2.05) is 0 Å². The average molecular weight is 555 g/mol. The summed E-state index contributed by atoms with van der Waals surface area (Å²) in [6.45, 7) is 4.15. The minimum atomic E-state index is -1.78. The smallest absolute Gasteiger partial charge is 0.341 e. The predicted molar refractivity (Wildman–Crippen MR) is 137 cm³/mol. The Morgan fingerprint density at radius 1 is 1.14 bits per heavy atom. The van der Waals surface area contributed by atoms with E-state index in [-0.39, 0.29) is 33.6 Å². The maximum Gasteiger partial charge on any atom is 0.341 e. The number of aromatic hydroxyl groups is 2. The summed E-state index contributed by atoms with van der Waals surface area (Å²) in [6, 6.07) is 9.13. The van der Waals surface area contributed by atoms with Crippen molar-refractivity contribution in [3.8, 4) is 22.6 Å². The van der Waals surface area contributed by atoms with Crippen LogP contribution >= 0.6 is 22.9 Å². The van der Waals surface area contributed by atoms with Crippen LogP contribution < -0.4 is 4.72 Å². The molecule has 36 heavy (non-hydrogen) atoms. The van der Waals surface area contributed by atoms with Crippen LogP contribution in [0.1, 0.15) is 16.8 Å². The quantitative estimate of drug-likeness (QED) is 0.261. The monoisotopic (exact) mass is 554 g/mol. The van der Waals surface area contributed by atoms with Crippen molar-refractivity contribution >= 4 is 45.6 Å². The van der Waals surface area contributed by atoms with Gasteiger partial charge >= 0.3 is 5.97 Å². The van der Waals surface area contributed by atoms with Crippen molar-refractivity contribution in [1.29, 1.82) is 0 Å². The molecule has 0 saturated carbocycles. The Balaban J connectivity index is 1.35. The van der Waals surface area contributed by atoms with Crippen molar-refractivity contribution in [1.82, 2.24) is 4.90 Å². The van der Waals surface area contributed by atoms with Crippen LogP contribution in [-0.2, 0) is 20.5 Å². The third kappa shape index (κ3) is 6.54. The lowest BCUT2D eigenvalue weighted by molar-refractivity contribution is 0.0297. The highest BCUT2D eigenvalue weighted by atomic mass is 35.5. The fraction of sp³-hybridized carbons (Fsp3) is 0.292. The third-order valence-corrected chi connectivity index (χ3v) is 8.24. The molecule has 1 aromatic heterocycles. The molecule has 2 aromatic carbocycles. The number of halogens is 2. The standard InChI is InChI=1S/C24H24ClFN2O6S2/c25-23-19(18-12-15(26)2-5-20(18)29)14-22(35-23)36(32)27-16-3-4-17(21(30)13-16)24(31)34-9-1-6-28-7-10-33-11-8-28/h2-5,12-14,27,29-30H,1,6-11H2. The molecule has 3 N–H and O–H groups in total. The number of nitrogens with one attached hydrogen (secondary N) is 1. The molecule has 1 aliphatic rings. The van der Waals surface area contributed by atoms with Crippen LogP contribution in [0.25, 0.3) is 11.1 Å². The zero-order valence-corrected chi connectivity index (χ0v) is 21.4. The van der Waals surface area contributed by atoms with Crippen LogP contribution in [-0.4, -0.2) is 64.7 Å². The van der Waals surface area contributed by atoms with E-state index in [1.54, 1.807) is 0 Å². The second-order valence-corrected chi connectivity index (χ2v) is 11.1. The first kappa shape index (κ1) is 26.4. The zero-order chi connectivity index (χ0) is 25.7. The third-order valence-electron chi connectivity index (χ3n) is 5.48. The highest BCUT2D eigenvalue weighted by molar-refractivity contribution is 7.88. The molecule has 2 heterocycles. The van der Waals surface area contributed by atoms with Gasteiger partial charge in [0.05, 0.1) is 25.5 Å². The summed E-state index contributed by atoms with van der Waals surface area (Å²) in [6.07, 6.45) is 0.671. The molecule has 1 atom stereocenters. The summed E-state index contributed by atoms with van der Waals surface area (Å²) in [4.78, 5) is 14.6. The van der Waals surface area contributed by atoms with Gasteiger partial charge in [0.25, 0.3) is 0 Å². The SMILES string of the molecule is O=C(OCCCN1CCOCC1)c1ccc(NS(=O)c2cc(-c3cc(F)ccc3O)c(Cl)s2)cc1O. The highest BCUT2D eigenvalue weighted by Crippen LogP contribution is 2.41. The van der Waals surface area contributed by atoms with E-state index in [9.17, 15) is 23.6 Å². The number of thiophene rings is 1. The first-order valence-corrected chi connectivity index (χ1v) is 13.4. The fourth-order valence-electron chi connectivity index (χ4n) is 3.63. The molecule has 1 unspecified atom stereocenters. The summed E-state index contributed by atoms with van der Waals surface area (Å²) < 4.78 is 40.3. The normalized spacial score (nSPS) is 14.9. The molecular formula is C24H24ClFN2O6S2. The van der Waals surface area contributed by atoms with Gasteiger partial charge in [0.2, 0.25) is 0 Å². The summed E-state index contributed by atoms with van der Waals surface area (Å²) in [5.41, 5.74) is 0.832. The van der Waals surface area contributed by atoms with Gasteiger partial charge in [-0.05, 0) is 42.8 Å². The lowest BCUT2D eigenvalue weighted by Crippen LogP contribution is -2.37. The van der Waals surface area contributed by atoms with Crippen LogP contribution in [0.5, 0.6) is 11.5 Å². The van der Waals surface area contributed by atoms with Gasteiger partial charge in [-0.25, -0.2) is 13.4 Å². The Hall–Kier alpha value is -2.70. The summed E-state index contributed by atoms with van der Waals surface area (Å²) in [5.74, 6) is -1.66. The first-order valence-electron chi connectivity index (χ1n) is 11.1. The Morgan fingerprint density at radius 3 is 2.67 bits per heavy atom. The number of carbonyl (C=O) groups is 1. The molecule has 1 saturated heterocycles. The molecule has 1 aliphatic heterocycles. The van der Waals surface area contributed by atoms with Crippen molar-refractivity contribution < 1.29 is 33.1 Å². The van der Waals surface area contributed by atoms with E-state index in [2.05, 4.69) is 9.62 Å². The van der Waals surface area contributed by atoms with Gasteiger partial charge in [-0.15, -0.1) is 11.3 Å². The first-order chi connectivity index (χ1) is 17.3. The molecule has 0 aliphatic carbocycles. The van der Waals surface area contributed by atoms with Gasteiger partial charge in [-0.2, -0.15) is 0 Å². The Bertz CT molecular complexity index is 1270. The fourth-order valence-corrected chi connectivity index (χ4v) is 6.15. The predicted octanol–water partition coefficient (Wildman–Crippen LogP) is 4.63. The number of phenolic OH excluding ortho intramolecular Hbond substituents is 2. The number of hydrogen-bond donors (Lipinski definition) is 3. The number of phenols is 2. The molecular weight excluding hydrogens is 531 g/mol. The average Bonchev–Trinajstić information content (AvgIpc) is 3.25. The van der Waals surface area contributed by atoms with E-state index in [0.717, 1.165) is 43.1 Å². The zero-order valence-electron chi connectivity index (χ0n) is 19.0. The number of esters is 1. The van der Waals surface area contributed by atoms with E-state index in [0.29, 0.717) is 35.1 Å². The maximum absolute atomic E-state index is 13.6. The van der Waals surface area contributed by atoms with Crippen molar-refractivity contribution in [2.45, 2.75) is 10.6 Å². The molecule has 4 rings (SSSR count). The van der Waals surface area contributed by atoms with Gasteiger partial charge in [-0.1, -0.05) is 11.6 Å². The Kier molecular flexibility index (Phi) is 8.81. The number of anilines is 1. The lowest BCUT2D eigenvalue weighted by atomic mass is 10.1. The van der Waals surface area contributed by atoms with Gasteiger partial charge in [-0.3, -0.25) is 4.90 Å². The van der Waals surface area contributed by atoms with Crippen molar-refractivity contribution in [2.24, 2.45) is 0 Å². The molecule has 0 spiro atoms. The lowest BCUT2D eigenvalue weighted by Gasteiger charge is -2.26. The Labute approximate surface area is 218 Å². The van der Waals surface area contributed by atoms with Crippen LogP contribution in [0.2, 0.25) is 4.34 Å².